The Kier molecular flexibility index (Phi) is 3.92. The Morgan fingerprint density at radius 3 is 2.88 bits per heavy atom. The maximum absolute atomic E-state index is 10.8. The van der Waals surface area contributed by atoms with E-state index in [1.54, 1.807) is 18.2 Å². The Balaban J connectivity index is 3.20. The van der Waals surface area contributed by atoms with Crippen molar-refractivity contribution in [1.29, 1.82) is 5.26 Å². The van der Waals surface area contributed by atoms with Gasteiger partial charge in [0.05, 0.1) is 23.7 Å². The molecule has 0 unspecified atom stereocenters. The minimum atomic E-state index is -1.13. The van der Waals surface area contributed by atoms with Crippen molar-refractivity contribution >= 4 is 29.3 Å². The van der Waals surface area contributed by atoms with E-state index >= 15 is 0 Å². The van der Waals surface area contributed by atoms with E-state index in [1.807, 2.05) is 6.07 Å². The lowest BCUT2D eigenvalue weighted by Crippen LogP contribution is -2.04. The molecule has 16 heavy (non-hydrogen) atoms. The van der Waals surface area contributed by atoms with Gasteiger partial charge in [-0.2, -0.15) is 5.26 Å². The Morgan fingerprint density at radius 1 is 1.62 bits per heavy atom. The molecule has 0 spiro atoms. The normalized spacial score (nSPS) is 10.2. The van der Waals surface area contributed by atoms with Crippen molar-refractivity contribution in [2.24, 2.45) is 0 Å². The average molecular weight is 237 g/mol. The molecular weight excluding hydrogens is 228 g/mol. The van der Waals surface area contributed by atoms with Crippen LogP contribution in [0.3, 0.4) is 0 Å². The number of anilines is 1. The molecule has 0 aliphatic carbocycles. The minimum absolute atomic E-state index is 0.0379. The molecule has 0 aliphatic heterocycles. The SMILES string of the molecule is N#CCC=Cc1cc(Cl)cc(C(=O)O)c1N. The number of nitriles is 1. The number of halogens is 1. The first-order valence-electron chi connectivity index (χ1n) is 4.42. The second-order valence-corrected chi connectivity index (χ2v) is 3.46. The van der Waals surface area contributed by atoms with E-state index in [0.717, 1.165) is 0 Å². The van der Waals surface area contributed by atoms with E-state index in [0.29, 0.717) is 10.6 Å². The largest absolute Gasteiger partial charge is 0.478 e. The van der Waals surface area contributed by atoms with Crippen LogP contribution in [0.1, 0.15) is 22.3 Å². The fourth-order valence-corrected chi connectivity index (χ4v) is 1.42. The van der Waals surface area contributed by atoms with E-state index in [9.17, 15) is 4.79 Å². The van der Waals surface area contributed by atoms with E-state index in [-0.39, 0.29) is 17.7 Å². The van der Waals surface area contributed by atoms with E-state index in [1.165, 1.54) is 6.07 Å². The zero-order chi connectivity index (χ0) is 12.1. The summed E-state index contributed by atoms with van der Waals surface area (Å²) in [5.41, 5.74) is 6.27. The van der Waals surface area contributed by atoms with E-state index < -0.39 is 5.97 Å². The molecule has 1 aromatic carbocycles. The van der Waals surface area contributed by atoms with Gasteiger partial charge < -0.3 is 10.8 Å². The van der Waals surface area contributed by atoms with Crippen LogP contribution in [0.2, 0.25) is 5.02 Å². The monoisotopic (exact) mass is 236 g/mol. The van der Waals surface area contributed by atoms with Gasteiger partial charge in [0.2, 0.25) is 0 Å². The first-order chi connectivity index (χ1) is 7.56. The molecule has 0 aromatic heterocycles. The summed E-state index contributed by atoms with van der Waals surface area (Å²) >= 11 is 5.76. The van der Waals surface area contributed by atoms with Crippen LogP contribution in [0.5, 0.6) is 0 Å². The molecule has 0 aliphatic rings. The number of allylic oxidation sites excluding steroid dienone is 1. The second-order valence-electron chi connectivity index (χ2n) is 3.03. The van der Waals surface area contributed by atoms with Crippen LogP contribution in [0.15, 0.2) is 18.2 Å². The second kappa shape index (κ2) is 5.19. The molecule has 0 atom stereocenters. The summed E-state index contributed by atoms with van der Waals surface area (Å²) in [6.07, 6.45) is 3.40. The van der Waals surface area contributed by atoms with Gasteiger partial charge in [-0.15, -0.1) is 0 Å². The third-order valence-corrected chi connectivity index (χ3v) is 2.13. The van der Waals surface area contributed by atoms with Crippen molar-refractivity contribution in [3.63, 3.8) is 0 Å². The third-order valence-electron chi connectivity index (χ3n) is 1.91. The standard InChI is InChI=1S/C11H9ClN2O2/c12-8-5-7(3-1-2-4-13)10(14)9(6-8)11(15)16/h1,3,5-6H,2,14H2,(H,15,16). The number of hydrogen-bond donors (Lipinski definition) is 2. The van der Waals surface area contributed by atoms with Crippen molar-refractivity contribution < 1.29 is 9.90 Å². The molecule has 0 bridgehead atoms. The third kappa shape index (κ3) is 2.75. The predicted octanol–water partition coefficient (Wildman–Crippen LogP) is 2.55. The number of nitrogens with two attached hydrogens (primary N) is 1. The predicted molar refractivity (Wildman–Crippen MR) is 62.1 cm³/mol. The molecule has 0 fully saturated rings. The first-order valence-corrected chi connectivity index (χ1v) is 4.80. The van der Waals surface area contributed by atoms with Gasteiger partial charge in [0, 0.05) is 5.02 Å². The number of carboxylic acid groups (broad SMARTS) is 1. The summed E-state index contributed by atoms with van der Waals surface area (Å²) in [7, 11) is 0. The number of rotatable bonds is 3. The fraction of sp³-hybridized carbons (Fsp3) is 0.0909. The molecule has 0 radical (unpaired) electrons. The van der Waals surface area contributed by atoms with Crippen molar-refractivity contribution in [3.8, 4) is 6.07 Å². The molecular formula is C11H9ClN2O2. The lowest BCUT2D eigenvalue weighted by Gasteiger charge is -2.05. The van der Waals surface area contributed by atoms with Crippen LogP contribution in [0.4, 0.5) is 5.69 Å². The highest BCUT2D eigenvalue weighted by molar-refractivity contribution is 6.31. The Labute approximate surface area is 97.6 Å². The molecule has 4 nitrogen and oxygen atoms in total. The Bertz CT molecular complexity index is 489. The van der Waals surface area contributed by atoms with Gasteiger partial charge in [-0.1, -0.05) is 23.8 Å². The number of aromatic carboxylic acids is 1. The van der Waals surface area contributed by atoms with Gasteiger partial charge in [0.25, 0.3) is 0 Å². The molecule has 0 saturated heterocycles. The summed E-state index contributed by atoms with van der Waals surface area (Å²) in [5.74, 6) is -1.13. The average Bonchev–Trinajstić information content (AvgIpc) is 2.22. The number of carboxylic acids is 1. The smallest absolute Gasteiger partial charge is 0.337 e. The molecule has 3 N–H and O–H groups in total. The van der Waals surface area contributed by atoms with Crippen LogP contribution in [0, 0.1) is 11.3 Å². The molecule has 0 saturated carbocycles. The van der Waals surface area contributed by atoms with E-state index in [4.69, 9.17) is 27.7 Å². The quantitative estimate of drug-likeness (QED) is 0.790. The van der Waals surface area contributed by atoms with Crippen LogP contribution < -0.4 is 5.73 Å². The van der Waals surface area contributed by atoms with Crippen LogP contribution in [0.25, 0.3) is 6.08 Å². The topological polar surface area (TPSA) is 87.1 Å². The lowest BCUT2D eigenvalue weighted by atomic mass is 10.1. The summed E-state index contributed by atoms with van der Waals surface area (Å²) in [4.78, 5) is 10.8. The van der Waals surface area contributed by atoms with Crippen LogP contribution in [-0.2, 0) is 0 Å². The summed E-state index contributed by atoms with van der Waals surface area (Å²) in [6.45, 7) is 0. The summed E-state index contributed by atoms with van der Waals surface area (Å²) in [6, 6.07) is 4.78. The van der Waals surface area contributed by atoms with Crippen LogP contribution in [-0.4, -0.2) is 11.1 Å². The fourth-order valence-electron chi connectivity index (χ4n) is 1.19. The van der Waals surface area contributed by atoms with Crippen molar-refractivity contribution in [3.05, 3.63) is 34.4 Å². The highest BCUT2D eigenvalue weighted by atomic mass is 35.5. The van der Waals surface area contributed by atoms with Gasteiger partial charge >= 0.3 is 5.97 Å². The number of nitrogen functional groups attached to an aromatic ring is 1. The van der Waals surface area contributed by atoms with Crippen molar-refractivity contribution in [1.82, 2.24) is 0 Å². The van der Waals surface area contributed by atoms with Gasteiger partial charge in [-0.25, -0.2) is 4.79 Å². The lowest BCUT2D eigenvalue weighted by molar-refractivity contribution is 0.0698. The highest BCUT2D eigenvalue weighted by Gasteiger charge is 2.11. The molecule has 82 valence electrons. The van der Waals surface area contributed by atoms with Crippen LogP contribution >= 0.6 is 11.6 Å². The number of benzene rings is 1. The van der Waals surface area contributed by atoms with Gasteiger partial charge in [0.15, 0.2) is 0 Å². The maximum atomic E-state index is 10.8. The molecule has 0 heterocycles. The molecule has 1 rings (SSSR count). The Morgan fingerprint density at radius 2 is 2.31 bits per heavy atom. The minimum Gasteiger partial charge on any atom is -0.478 e. The first kappa shape index (κ1) is 12.1. The highest BCUT2D eigenvalue weighted by Crippen LogP contribution is 2.24. The van der Waals surface area contributed by atoms with Gasteiger partial charge in [-0.3, -0.25) is 0 Å². The zero-order valence-electron chi connectivity index (χ0n) is 8.27. The van der Waals surface area contributed by atoms with Gasteiger partial charge in [0.1, 0.15) is 0 Å². The van der Waals surface area contributed by atoms with Gasteiger partial charge in [-0.05, 0) is 17.7 Å². The van der Waals surface area contributed by atoms with Crippen molar-refractivity contribution in [2.45, 2.75) is 6.42 Å². The summed E-state index contributed by atoms with van der Waals surface area (Å²) in [5, 5.41) is 17.5. The molecule has 1 aromatic rings. The molecule has 0 amide bonds. The van der Waals surface area contributed by atoms with E-state index in [2.05, 4.69) is 0 Å². The maximum Gasteiger partial charge on any atom is 0.337 e. The number of nitrogens with zero attached hydrogens (tertiary/aromatic N) is 1. The Hall–Kier alpha value is -1.99. The zero-order valence-corrected chi connectivity index (χ0v) is 9.03. The summed E-state index contributed by atoms with van der Waals surface area (Å²) < 4.78 is 0. The number of carbonyl (C=O) groups is 1. The molecule has 5 heteroatoms. The van der Waals surface area contributed by atoms with Crippen molar-refractivity contribution in [2.75, 3.05) is 5.73 Å². The number of hydrogen-bond acceptors (Lipinski definition) is 3.